The quantitative estimate of drug-likeness (QED) is 0.535. The van der Waals surface area contributed by atoms with E-state index in [-0.39, 0.29) is 17.8 Å². The summed E-state index contributed by atoms with van der Waals surface area (Å²) in [5, 5.41) is 9.66. The topological polar surface area (TPSA) is 69.1 Å². The van der Waals surface area contributed by atoms with Gasteiger partial charge in [-0.2, -0.15) is 0 Å². The predicted molar refractivity (Wildman–Crippen MR) is 135 cm³/mol. The van der Waals surface area contributed by atoms with Crippen LogP contribution in [0.15, 0.2) is 60.9 Å². The number of benzene rings is 2. The van der Waals surface area contributed by atoms with E-state index >= 15 is 0 Å². The zero-order valence-electron chi connectivity index (χ0n) is 20.4. The molecule has 0 amide bonds. The Labute approximate surface area is 201 Å². The van der Waals surface area contributed by atoms with Gasteiger partial charge in [0.2, 0.25) is 0 Å². The van der Waals surface area contributed by atoms with Crippen molar-refractivity contribution in [1.29, 1.82) is 0 Å². The Balaban J connectivity index is 1.63. The van der Waals surface area contributed by atoms with Crippen molar-refractivity contribution < 1.29 is 14.6 Å². The van der Waals surface area contributed by atoms with Gasteiger partial charge >= 0.3 is 5.97 Å². The van der Waals surface area contributed by atoms with E-state index in [1.165, 1.54) is 17.3 Å². The van der Waals surface area contributed by atoms with E-state index in [2.05, 4.69) is 59.2 Å². The normalized spacial score (nSPS) is 15.6. The summed E-state index contributed by atoms with van der Waals surface area (Å²) >= 11 is 0. The maximum Gasteiger partial charge on any atom is 0.337 e. The van der Waals surface area contributed by atoms with Gasteiger partial charge in [-0.15, -0.1) is 0 Å². The molecule has 1 N–H and O–H groups in total. The van der Waals surface area contributed by atoms with Crippen molar-refractivity contribution in [3.63, 3.8) is 0 Å². The molecule has 2 heterocycles. The highest BCUT2D eigenvalue weighted by Crippen LogP contribution is 2.37. The average Bonchev–Trinajstić information content (AvgIpc) is 2.83. The summed E-state index contributed by atoms with van der Waals surface area (Å²) in [6.07, 6.45) is 4.13. The molecule has 0 radical (unpaired) electrons. The number of ether oxygens (including phenoxy) is 1. The molecule has 0 bridgehead atoms. The van der Waals surface area contributed by atoms with Crippen molar-refractivity contribution in [3.8, 4) is 5.75 Å². The minimum absolute atomic E-state index is 0.0853. The SMILES string of the molecule is CC(C)Oc1ccc(N(C)c2ccc3c(c2)CCN(C)[C@@H]3N(C)c2cnccc2C(=O)O)cc1. The molecule has 0 unspecified atom stereocenters. The number of pyridine rings is 1. The van der Waals surface area contributed by atoms with E-state index in [9.17, 15) is 9.90 Å². The first-order valence-electron chi connectivity index (χ1n) is 11.5. The molecular formula is C27H32N4O3. The standard InChI is InChI=1S/C27H32N4O3/c1-18(2)34-22-9-6-20(7-10-22)30(4)21-8-11-23-19(16-21)13-15-29(3)26(23)31(5)25-17-28-14-12-24(25)27(32)33/h6-12,14,16-18,26H,13,15H2,1-5H3,(H,32,33)/t26-/m1/s1. The number of aromatic carboxylic acids is 1. The first kappa shape index (κ1) is 23.6. The van der Waals surface area contributed by atoms with E-state index in [4.69, 9.17) is 4.74 Å². The summed E-state index contributed by atoms with van der Waals surface area (Å²) < 4.78 is 5.76. The molecule has 0 fully saturated rings. The number of carbonyl (C=O) groups is 1. The Morgan fingerprint density at radius 3 is 2.50 bits per heavy atom. The number of carboxylic acids is 1. The van der Waals surface area contributed by atoms with Crippen molar-refractivity contribution in [3.05, 3.63) is 77.6 Å². The maximum absolute atomic E-state index is 11.8. The molecule has 3 aromatic rings. The number of aromatic nitrogens is 1. The molecule has 0 spiro atoms. The highest BCUT2D eigenvalue weighted by atomic mass is 16.5. The Morgan fingerprint density at radius 2 is 1.82 bits per heavy atom. The van der Waals surface area contributed by atoms with Gasteiger partial charge < -0.3 is 19.6 Å². The van der Waals surface area contributed by atoms with Gasteiger partial charge in [-0.1, -0.05) is 6.07 Å². The second kappa shape index (κ2) is 9.73. The molecular weight excluding hydrogens is 428 g/mol. The fourth-order valence-electron chi connectivity index (χ4n) is 4.58. The van der Waals surface area contributed by atoms with Crippen molar-refractivity contribution in [2.45, 2.75) is 32.5 Å². The van der Waals surface area contributed by atoms with Crippen molar-refractivity contribution in [1.82, 2.24) is 9.88 Å². The van der Waals surface area contributed by atoms with Crippen molar-refractivity contribution >= 4 is 23.0 Å². The van der Waals surface area contributed by atoms with Gasteiger partial charge in [-0.05, 0) is 80.9 Å². The molecule has 178 valence electrons. The number of likely N-dealkylation sites (N-methyl/N-ethyl adjacent to an activating group) is 1. The summed E-state index contributed by atoms with van der Waals surface area (Å²) in [6, 6.07) is 16.2. The van der Waals surface area contributed by atoms with E-state index < -0.39 is 5.97 Å². The smallest absolute Gasteiger partial charge is 0.337 e. The summed E-state index contributed by atoms with van der Waals surface area (Å²) in [5.74, 6) is -0.0904. The summed E-state index contributed by atoms with van der Waals surface area (Å²) in [5.41, 5.74) is 5.48. The third-order valence-electron chi connectivity index (χ3n) is 6.32. The number of hydrogen-bond donors (Lipinski definition) is 1. The van der Waals surface area contributed by atoms with Crippen LogP contribution in [0.4, 0.5) is 17.1 Å². The summed E-state index contributed by atoms with van der Waals surface area (Å²) in [7, 11) is 6.07. The zero-order valence-corrected chi connectivity index (χ0v) is 20.4. The van der Waals surface area contributed by atoms with E-state index in [1.54, 1.807) is 12.3 Å². The summed E-state index contributed by atoms with van der Waals surface area (Å²) in [6.45, 7) is 4.91. The van der Waals surface area contributed by atoms with Crippen molar-refractivity contribution in [2.24, 2.45) is 0 Å². The lowest BCUT2D eigenvalue weighted by atomic mass is 9.95. The van der Waals surface area contributed by atoms with E-state index in [0.29, 0.717) is 5.69 Å². The maximum atomic E-state index is 11.8. The number of hydrogen-bond acceptors (Lipinski definition) is 6. The number of nitrogens with zero attached hydrogens (tertiary/aromatic N) is 4. The fourth-order valence-corrected chi connectivity index (χ4v) is 4.58. The average molecular weight is 461 g/mol. The van der Waals surface area contributed by atoms with Crippen molar-refractivity contribution in [2.75, 3.05) is 37.5 Å². The monoisotopic (exact) mass is 460 g/mol. The fraction of sp³-hybridized carbons (Fsp3) is 0.333. The number of fused-ring (bicyclic) bond motifs is 1. The van der Waals surface area contributed by atoms with Crippen LogP contribution in [0.2, 0.25) is 0 Å². The van der Waals surface area contributed by atoms with Crippen LogP contribution in [-0.2, 0) is 6.42 Å². The molecule has 2 aromatic carbocycles. The molecule has 1 atom stereocenters. The van der Waals surface area contributed by atoms with Gasteiger partial charge in [-0.3, -0.25) is 9.88 Å². The first-order chi connectivity index (χ1) is 16.3. The van der Waals surface area contributed by atoms with Crippen LogP contribution in [0.25, 0.3) is 0 Å². The number of anilines is 3. The van der Waals surface area contributed by atoms with Gasteiger partial charge in [0.05, 0.1) is 23.6 Å². The molecule has 0 aliphatic carbocycles. The highest BCUT2D eigenvalue weighted by molar-refractivity contribution is 5.94. The first-order valence-corrected chi connectivity index (χ1v) is 11.5. The molecule has 7 heteroatoms. The van der Waals surface area contributed by atoms with Gasteiger partial charge in [0, 0.05) is 38.2 Å². The predicted octanol–water partition coefficient (Wildman–Crippen LogP) is 4.96. The van der Waals surface area contributed by atoms with Gasteiger partial charge in [0.15, 0.2) is 0 Å². The lowest BCUT2D eigenvalue weighted by Gasteiger charge is -2.41. The molecule has 0 saturated heterocycles. The van der Waals surface area contributed by atoms with Gasteiger partial charge in [0.1, 0.15) is 11.9 Å². The molecule has 34 heavy (non-hydrogen) atoms. The number of carboxylic acid groups (broad SMARTS) is 1. The lowest BCUT2D eigenvalue weighted by molar-refractivity contribution is 0.0697. The van der Waals surface area contributed by atoms with Gasteiger partial charge in [0.25, 0.3) is 0 Å². The Bertz CT molecular complexity index is 1160. The van der Waals surface area contributed by atoms with Crippen LogP contribution in [0.5, 0.6) is 5.75 Å². The largest absolute Gasteiger partial charge is 0.491 e. The number of rotatable bonds is 7. The summed E-state index contributed by atoms with van der Waals surface area (Å²) in [4.78, 5) is 22.4. The Kier molecular flexibility index (Phi) is 6.75. The highest BCUT2D eigenvalue weighted by Gasteiger charge is 2.30. The second-order valence-electron chi connectivity index (χ2n) is 9.02. The minimum atomic E-state index is -0.954. The van der Waals surface area contributed by atoms with E-state index in [0.717, 1.165) is 30.1 Å². The van der Waals surface area contributed by atoms with Crippen LogP contribution in [0, 0.1) is 0 Å². The molecule has 1 aliphatic heterocycles. The Hall–Kier alpha value is -3.58. The third-order valence-corrected chi connectivity index (χ3v) is 6.32. The molecule has 1 aliphatic rings. The van der Waals surface area contributed by atoms with Crippen LogP contribution in [0.3, 0.4) is 0 Å². The molecule has 0 saturated carbocycles. The second-order valence-corrected chi connectivity index (χ2v) is 9.02. The minimum Gasteiger partial charge on any atom is -0.491 e. The molecule has 7 nitrogen and oxygen atoms in total. The van der Waals surface area contributed by atoms with Gasteiger partial charge in [-0.25, -0.2) is 4.79 Å². The van der Waals surface area contributed by atoms with Crippen LogP contribution >= 0.6 is 0 Å². The molecule has 1 aromatic heterocycles. The zero-order chi connectivity index (χ0) is 24.4. The third kappa shape index (κ3) is 4.70. The molecule has 4 rings (SSSR count). The Morgan fingerprint density at radius 1 is 1.12 bits per heavy atom. The lowest BCUT2D eigenvalue weighted by Crippen LogP contribution is -2.42. The van der Waals surface area contributed by atoms with Crippen LogP contribution in [0.1, 0.15) is 41.5 Å². The van der Waals surface area contributed by atoms with Crippen LogP contribution < -0.4 is 14.5 Å². The van der Waals surface area contributed by atoms with E-state index in [1.807, 2.05) is 37.9 Å². The van der Waals surface area contributed by atoms with Crippen LogP contribution in [-0.4, -0.2) is 54.8 Å².